The molecule has 17 heavy (non-hydrogen) atoms. The van der Waals surface area contributed by atoms with Crippen LogP contribution in [0.3, 0.4) is 0 Å². The lowest BCUT2D eigenvalue weighted by atomic mass is 10.2. The maximum Gasteiger partial charge on any atom is 0.213 e. The first-order valence-corrected chi connectivity index (χ1v) is 5.94. The standard InChI is InChI=1S/C12H18FN3O/c13-12-9-11(1-2-14-12)10-16-5-3-15(4-6-16)7-8-17/h1-2,9,17H,3-8,10H2. The third-order valence-corrected chi connectivity index (χ3v) is 3.08. The van der Waals surface area contributed by atoms with Crippen molar-refractivity contribution in [2.24, 2.45) is 0 Å². The Bertz CT molecular complexity index is 353. The number of β-amino-alcohol motifs (C(OH)–C–C–N with tert-alkyl or cyclic N) is 1. The van der Waals surface area contributed by atoms with Crippen molar-refractivity contribution < 1.29 is 9.50 Å². The summed E-state index contributed by atoms with van der Waals surface area (Å²) in [6, 6.07) is 3.34. The summed E-state index contributed by atoms with van der Waals surface area (Å²) < 4.78 is 12.9. The van der Waals surface area contributed by atoms with E-state index >= 15 is 0 Å². The van der Waals surface area contributed by atoms with Gasteiger partial charge in [-0.2, -0.15) is 4.39 Å². The fourth-order valence-corrected chi connectivity index (χ4v) is 2.11. The number of halogens is 1. The molecule has 94 valence electrons. The Balaban J connectivity index is 1.82. The average molecular weight is 239 g/mol. The molecule has 0 aromatic carbocycles. The summed E-state index contributed by atoms with van der Waals surface area (Å²) in [5.41, 5.74) is 0.966. The van der Waals surface area contributed by atoms with Crippen molar-refractivity contribution >= 4 is 0 Å². The first-order chi connectivity index (χ1) is 8.28. The molecule has 0 unspecified atom stereocenters. The molecule has 1 saturated heterocycles. The summed E-state index contributed by atoms with van der Waals surface area (Å²) in [4.78, 5) is 8.08. The van der Waals surface area contributed by atoms with Crippen molar-refractivity contribution in [3.05, 3.63) is 29.8 Å². The Morgan fingerprint density at radius 3 is 2.59 bits per heavy atom. The number of aliphatic hydroxyl groups is 1. The van der Waals surface area contributed by atoms with Crippen molar-refractivity contribution in [3.8, 4) is 0 Å². The second-order valence-corrected chi connectivity index (χ2v) is 4.33. The topological polar surface area (TPSA) is 39.6 Å². The molecule has 2 heterocycles. The molecule has 0 saturated carbocycles. The van der Waals surface area contributed by atoms with E-state index < -0.39 is 5.95 Å². The van der Waals surface area contributed by atoms with Crippen LogP contribution in [0.5, 0.6) is 0 Å². The minimum atomic E-state index is -0.415. The van der Waals surface area contributed by atoms with Crippen LogP contribution >= 0.6 is 0 Å². The predicted molar refractivity (Wildman–Crippen MR) is 63.0 cm³/mol. The van der Waals surface area contributed by atoms with Gasteiger partial charge in [-0.1, -0.05) is 0 Å². The molecule has 1 N–H and O–H groups in total. The second kappa shape index (κ2) is 6.05. The quantitative estimate of drug-likeness (QED) is 0.769. The van der Waals surface area contributed by atoms with E-state index in [1.165, 1.54) is 12.3 Å². The van der Waals surface area contributed by atoms with E-state index in [0.29, 0.717) is 0 Å². The zero-order valence-corrected chi connectivity index (χ0v) is 9.85. The molecule has 5 heteroatoms. The number of aliphatic hydroxyl groups excluding tert-OH is 1. The third-order valence-electron chi connectivity index (χ3n) is 3.08. The minimum absolute atomic E-state index is 0.218. The Hall–Kier alpha value is -1.04. The molecule has 0 radical (unpaired) electrons. The molecule has 1 aromatic rings. The molecule has 1 aromatic heterocycles. The normalized spacial score (nSPS) is 18.5. The lowest BCUT2D eigenvalue weighted by molar-refractivity contribution is 0.108. The highest BCUT2D eigenvalue weighted by atomic mass is 19.1. The molecule has 0 spiro atoms. The Labute approximate surface area is 101 Å². The van der Waals surface area contributed by atoms with Gasteiger partial charge in [0.2, 0.25) is 5.95 Å². The third kappa shape index (κ3) is 3.73. The molecule has 1 aliphatic heterocycles. The molecular formula is C12H18FN3O. The van der Waals surface area contributed by atoms with Gasteiger partial charge in [-0.3, -0.25) is 9.80 Å². The van der Waals surface area contributed by atoms with Crippen LogP contribution in [-0.2, 0) is 6.54 Å². The maximum absolute atomic E-state index is 12.9. The molecule has 4 nitrogen and oxygen atoms in total. The van der Waals surface area contributed by atoms with Crippen molar-refractivity contribution in [1.29, 1.82) is 0 Å². The van der Waals surface area contributed by atoms with E-state index in [2.05, 4.69) is 14.8 Å². The summed E-state index contributed by atoms with van der Waals surface area (Å²) in [7, 11) is 0. The number of piperazine rings is 1. The van der Waals surface area contributed by atoms with E-state index in [1.807, 2.05) is 6.07 Å². The van der Waals surface area contributed by atoms with Crippen LogP contribution in [0.1, 0.15) is 5.56 Å². The molecule has 1 fully saturated rings. The lowest BCUT2D eigenvalue weighted by Gasteiger charge is -2.34. The summed E-state index contributed by atoms with van der Waals surface area (Å²) in [6.45, 7) is 5.59. The van der Waals surface area contributed by atoms with Crippen molar-refractivity contribution in [2.75, 3.05) is 39.3 Å². The zero-order chi connectivity index (χ0) is 12.1. The highest BCUT2D eigenvalue weighted by molar-refractivity contribution is 5.10. The molecular weight excluding hydrogens is 221 g/mol. The summed E-state index contributed by atoms with van der Waals surface area (Å²) >= 11 is 0. The van der Waals surface area contributed by atoms with Crippen molar-refractivity contribution in [2.45, 2.75) is 6.54 Å². The van der Waals surface area contributed by atoms with Crippen LogP contribution in [0.25, 0.3) is 0 Å². The van der Waals surface area contributed by atoms with Crippen LogP contribution in [0, 0.1) is 5.95 Å². The van der Waals surface area contributed by atoms with Crippen molar-refractivity contribution in [1.82, 2.24) is 14.8 Å². The van der Waals surface area contributed by atoms with Crippen LogP contribution in [0.4, 0.5) is 4.39 Å². The molecule has 1 aliphatic rings. The van der Waals surface area contributed by atoms with Gasteiger partial charge in [-0.15, -0.1) is 0 Å². The van der Waals surface area contributed by atoms with E-state index in [1.54, 1.807) is 0 Å². The molecule has 0 amide bonds. The number of aromatic nitrogens is 1. The van der Waals surface area contributed by atoms with Crippen LogP contribution < -0.4 is 0 Å². The van der Waals surface area contributed by atoms with Gasteiger partial charge in [0.05, 0.1) is 6.61 Å². The number of hydrogen-bond acceptors (Lipinski definition) is 4. The van der Waals surface area contributed by atoms with Gasteiger partial charge in [0.1, 0.15) is 0 Å². The highest BCUT2D eigenvalue weighted by Crippen LogP contribution is 2.08. The Kier molecular flexibility index (Phi) is 4.42. The van der Waals surface area contributed by atoms with E-state index in [9.17, 15) is 4.39 Å². The molecule has 2 rings (SSSR count). The Morgan fingerprint density at radius 2 is 1.94 bits per heavy atom. The van der Waals surface area contributed by atoms with Gasteiger partial charge in [0.15, 0.2) is 0 Å². The summed E-state index contributed by atoms with van der Waals surface area (Å²) in [6.07, 6.45) is 1.51. The van der Waals surface area contributed by atoms with Crippen LogP contribution in [-0.4, -0.2) is 59.2 Å². The average Bonchev–Trinajstić information content (AvgIpc) is 2.32. The maximum atomic E-state index is 12.9. The van der Waals surface area contributed by atoms with Gasteiger partial charge >= 0.3 is 0 Å². The first kappa shape index (κ1) is 12.4. The minimum Gasteiger partial charge on any atom is -0.395 e. The lowest BCUT2D eigenvalue weighted by Crippen LogP contribution is -2.46. The number of nitrogens with zero attached hydrogens (tertiary/aromatic N) is 3. The van der Waals surface area contributed by atoms with E-state index in [4.69, 9.17) is 5.11 Å². The molecule has 0 bridgehead atoms. The van der Waals surface area contributed by atoms with Gasteiger partial charge < -0.3 is 5.11 Å². The number of rotatable bonds is 4. The van der Waals surface area contributed by atoms with Crippen LogP contribution in [0.2, 0.25) is 0 Å². The number of hydrogen-bond donors (Lipinski definition) is 1. The number of pyridine rings is 1. The van der Waals surface area contributed by atoms with Gasteiger partial charge in [-0.25, -0.2) is 4.98 Å². The van der Waals surface area contributed by atoms with Crippen molar-refractivity contribution in [3.63, 3.8) is 0 Å². The largest absolute Gasteiger partial charge is 0.395 e. The zero-order valence-electron chi connectivity index (χ0n) is 9.85. The van der Waals surface area contributed by atoms with Gasteiger partial charge in [0, 0.05) is 45.5 Å². The van der Waals surface area contributed by atoms with Crippen LogP contribution in [0.15, 0.2) is 18.3 Å². The fourth-order valence-electron chi connectivity index (χ4n) is 2.11. The SMILES string of the molecule is OCCN1CCN(Cc2ccnc(F)c2)CC1. The Morgan fingerprint density at radius 1 is 1.24 bits per heavy atom. The highest BCUT2D eigenvalue weighted by Gasteiger charge is 2.16. The van der Waals surface area contributed by atoms with E-state index in [-0.39, 0.29) is 6.61 Å². The molecule has 0 atom stereocenters. The van der Waals surface area contributed by atoms with Gasteiger partial charge in [-0.05, 0) is 17.7 Å². The monoisotopic (exact) mass is 239 g/mol. The second-order valence-electron chi connectivity index (χ2n) is 4.33. The summed E-state index contributed by atoms with van der Waals surface area (Å²) in [5, 5.41) is 8.85. The van der Waals surface area contributed by atoms with E-state index in [0.717, 1.165) is 44.8 Å². The fraction of sp³-hybridized carbons (Fsp3) is 0.583. The molecule has 0 aliphatic carbocycles. The first-order valence-electron chi connectivity index (χ1n) is 5.94. The van der Waals surface area contributed by atoms with Gasteiger partial charge in [0.25, 0.3) is 0 Å². The predicted octanol–water partition coefficient (Wildman–Crippen LogP) is 0.331. The smallest absolute Gasteiger partial charge is 0.213 e. The summed E-state index contributed by atoms with van der Waals surface area (Å²) in [5.74, 6) is -0.415.